The van der Waals surface area contributed by atoms with E-state index in [1.807, 2.05) is 35.2 Å². The normalized spacial score (nSPS) is 15.2. The number of aromatic nitrogens is 2. The van der Waals surface area contributed by atoms with Crippen molar-refractivity contribution in [2.24, 2.45) is 0 Å². The van der Waals surface area contributed by atoms with Crippen LogP contribution in [0.5, 0.6) is 0 Å². The fourth-order valence-corrected chi connectivity index (χ4v) is 3.65. The maximum absolute atomic E-state index is 12.7. The van der Waals surface area contributed by atoms with E-state index >= 15 is 0 Å². The van der Waals surface area contributed by atoms with Crippen LogP contribution >= 0.6 is 0 Å². The van der Waals surface area contributed by atoms with Crippen LogP contribution in [-0.4, -0.2) is 52.0 Å². The molecule has 1 aromatic heterocycles. The minimum atomic E-state index is -4.39. The van der Waals surface area contributed by atoms with Crippen molar-refractivity contribution in [3.8, 4) is 11.5 Å². The molecule has 0 bridgehead atoms. The third kappa shape index (κ3) is 5.53. The summed E-state index contributed by atoms with van der Waals surface area (Å²) in [6.45, 7) is 3.12. The van der Waals surface area contributed by atoms with E-state index in [0.29, 0.717) is 50.5 Å². The average Bonchev–Trinajstić information content (AvgIpc) is 3.27. The summed E-state index contributed by atoms with van der Waals surface area (Å²) in [7, 11) is 0. The first-order valence-corrected chi connectivity index (χ1v) is 10.4. The van der Waals surface area contributed by atoms with Crippen LogP contribution in [0.15, 0.2) is 59.1 Å². The molecular formula is C23H23F3N4O2. The molecular weight excluding hydrogens is 421 g/mol. The van der Waals surface area contributed by atoms with Gasteiger partial charge in [-0.25, -0.2) is 0 Å². The summed E-state index contributed by atoms with van der Waals surface area (Å²) in [5, 5.41) is 3.94. The average molecular weight is 444 g/mol. The standard InChI is InChI=1S/C23H23F3N4O2/c24-23(25,26)19-9-7-18(8-10-19)22-27-20(28-32-22)16-29-12-14-30(15-13-29)21(31)11-6-17-4-2-1-3-5-17/h1-5,7-10H,6,11-16H2. The molecule has 9 heteroatoms. The van der Waals surface area contributed by atoms with Gasteiger partial charge in [0.1, 0.15) is 0 Å². The van der Waals surface area contributed by atoms with E-state index in [1.165, 1.54) is 12.1 Å². The molecule has 0 unspecified atom stereocenters. The number of piperazine rings is 1. The molecule has 0 atom stereocenters. The first kappa shape index (κ1) is 22.0. The van der Waals surface area contributed by atoms with E-state index in [0.717, 1.165) is 24.1 Å². The van der Waals surface area contributed by atoms with Crippen molar-refractivity contribution >= 4 is 5.91 Å². The fourth-order valence-electron chi connectivity index (χ4n) is 3.65. The fraction of sp³-hybridized carbons (Fsp3) is 0.348. The van der Waals surface area contributed by atoms with E-state index in [-0.39, 0.29) is 11.8 Å². The zero-order chi connectivity index (χ0) is 22.6. The van der Waals surface area contributed by atoms with Crippen molar-refractivity contribution in [3.63, 3.8) is 0 Å². The number of hydrogen-bond donors (Lipinski definition) is 0. The van der Waals surface area contributed by atoms with Gasteiger partial charge < -0.3 is 9.42 Å². The smallest absolute Gasteiger partial charge is 0.340 e. The van der Waals surface area contributed by atoms with Gasteiger partial charge in [0, 0.05) is 38.2 Å². The maximum atomic E-state index is 12.7. The number of carbonyl (C=O) groups excluding carboxylic acids is 1. The van der Waals surface area contributed by atoms with Crippen molar-refractivity contribution in [1.82, 2.24) is 19.9 Å². The van der Waals surface area contributed by atoms with E-state index in [4.69, 9.17) is 4.52 Å². The van der Waals surface area contributed by atoms with Crippen molar-refractivity contribution in [2.45, 2.75) is 25.6 Å². The molecule has 0 N–H and O–H groups in total. The van der Waals surface area contributed by atoms with Crippen LogP contribution in [0, 0.1) is 0 Å². The van der Waals surface area contributed by atoms with Crippen molar-refractivity contribution in [3.05, 3.63) is 71.5 Å². The lowest BCUT2D eigenvalue weighted by Gasteiger charge is -2.34. The lowest BCUT2D eigenvalue weighted by molar-refractivity contribution is -0.137. The summed E-state index contributed by atoms with van der Waals surface area (Å²) in [5.74, 6) is 0.796. The highest BCUT2D eigenvalue weighted by Gasteiger charge is 2.30. The Labute approximate surface area is 183 Å². The van der Waals surface area contributed by atoms with E-state index in [1.54, 1.807) is 0 Å². The van der Waals surface area contributed by atoms with Gasteiger partial charge >= 0.3 is 6.18 Å². The molecule has 1 aliphatic heterocycles. The predicted molar refractivity (Wildman–Crippen MR) is 111 cm³/mol. The van der Waals surface area contributed by atoms with Crippen LogP contribution in [0.3, 0.4) is 0 Å². The number of rotatable bonds is 6. The van der Waals surface area contributed by atoms with Gasteiger partial charge in [-0.1, -0.05) is 35.5 Å². The molecule has 2 heterocycles. The Kier molecular flexibility index (Phi) is 6.55. The van der Waals surface area contributed by atoms with E-state index in [2.05, 4.69) is 15.0 Å². The second-order valence-electron chi connectivity index (χ2n) is 7.73. The monoisotopic (exact) mass is 444 g/mol. The summed E-state index contributed by atoms with van der Waals surface area (Å²) in [6.07, 6.45) is -3.16. The van der Waals surface area contributed by atoms with E-state index < -0.39 is 11.7 Å². The number of amides is 1. The summed E-state index contributed by atoms with van der Waals surface area (Å²) in [5.41, 5.74) is 0.864. The molecule has 0 radical (unpaired) electrons. The molecule has 3 aromatic rings. The second kappa shape index (κ2) is 9.52. The lowest BCUT2D eigenvalue weighted by atomic mass is 10.1. The molecule has 1 aliphatic rings. The maximum Gasteiger partial charge on any atom is 0.416 e. The molecule has 32 heavy (non-hydrogen) atoms. The summed E-state index contributed by atoms with van der Waals surface area (Å²) in [6, 6.07) is 14.6. The topological polar surface area (TPSA) is 62.5 Å². The third-order valence-electron chi connectivity index (χ3n) is 5.49. The Morgan fingerprint density at radius 1 is 0.969 bits per heavy atom. The molecule has 2 aromatic carbocycles. The molecule has 6 nitrogen and oxygen atoms in total. The molecule has 0 spiro atoms. The third-order valence-corrected chi connectivity index (χ3v) is 5.49. The van der Waals surface area contributed by atoms with Gasteiger partial charge in [0.15, 0.2) is 5.82 Å². The highest BCUT2D eigenvalue weighted by atomic mass is 19.4. The number of nitrogens with zero attached hydrogens (tertiary/aromatic N) is 4. The van der Waals surface area contributed by atoms with Gasteiger partial charge in [-0.15, -0.1) is 0 Å². The van der Waals surface area contributed by atoms with Gasteiger partial charge in [-0.3, -0.25) is 9.69 Å². The Bertz CT molecular complexity index is 1030. The number of aryl methyl sites for hydroxylation is 1. The molecule has 4 rings (SSSR count). The SMILES string of the molecule is O=C(CCc1ccccc1)N1CCN(Cc2noc(-c3ccc(C(F)(F)F)cc3)n2)CC1. The Morgan fingerprint density at radius 2 is 1.66 bits per heavy atom. The van der Waals surface area contributed by atoms with Gasteiger partial charge in [0.25, 0.3) is 5.89 Å². The molecule has 1 amide bonds. The van der Waals surface area contributed by atoms with Crippen molar-refractivity contribution in [1.29, 1.82) is 0 Å². The number of alkyl halides is 3. The molecule has 1 saturated heterocycles. The van der Waals surface area contributed by atoms with Gasteiger partial charge in [-0.2, -0.15) is 18.2 Å². The van der Waals surface area contributed by atoms with Crippen LogP contribution in [0.1, 0.15) is 23.4 Å². The first-order chi connectivity index (χ1) is 15.4. The number of halogens is 3. The zero-order valence-electron chi connectivity index (χ0n) is 17.4. The Hall–Kier alpha value is -3.20. The van der Waals surface area contributed by atoms with Gasteiger partial charge in [0.2, 0.25) is 5.91 Å². The number of benzene rings is 2. The zero-order valence-corrected chi connectivity index (χ0v) is 17.4. The molecule has 0 saturated carbocycles. The highest BCUT2D eigenvalue weighted by molar-refractivity contribution is 5.76. The number of hydrogen-bond acceptors (Lipinski definition) is 5. The van der Waals surface area contributed by atoms with Crippen LogP contribution in [0.25, 0.3) is 11.5 Å². The molecule has 1 fully saturated rings. The van der Waals surface area contributed by atoms with Crippen molar-refractivity contribution < 1.29 is 22.5 Å². The van der Waals surface area contributed by atoms with Crippen LogP contribution in [-0.2, 0) is 23.9 Å². The molecule has 168 valence electrons. The predicted octanol–water partition coefficient (Wildman–Crippen LogP) is 4.03. The van der Waals surface area contributed by atoms with Crippen LogP contribution in [0.4, 0.5) is 13.2 Å². The summed E-state index contributed by atoms with van der Waals surface area (Å²) in [4.78, 5) is 20.8. The largest absolute Gasteiger partial charge is 0.416 e. The number of carbonyl (C=O) groups is 1. The lowest BCUT2D eigenvalue weighted by Crippen LogP contribution is -2.48. The van der Waals surface area contributed by atoms with Crippen LogP contribution in [0.2, 0.25) is 0 Å². The van der Waals surface area contributed by atoms with Gasteiger partial charge in [-0.05, 0) is 36.2 Å². The quantitative estimate of drug-likeness (QED) is 0.575. The minimum Gasteiger partial charge on any atom is -0.340 e. The highest BCUT2D eigenvalue weighted by Crippen LogP contribution is 2.30. The Morgan fingerprint density at radius 3 is 2.31 bits per heavy atom. The van der Waals surface area contributed by atoms with E-state index in [9.17, 15) is 18.0 Å². The summed E-state index contributed by atoms with van der Waals surface area (Å²) >= 11 is 0. The van der Waals surface area contributed by atoms with Crippen molar-refractivity contribution in [2.75, 3.05) is 26.2 Å². The minimum absolute atomic E-state index is 0.151. The molecule has 0 aliphatic carbocycles. The van der Waals surface area contributed by atoms with Crippen LogP contribution < -0.4 is 0 Å². The summed E-state index contributed by atoms with van der Waals surface area (Å²) < 4.78 is 43.3. The first-order valence-electron chi connectivity index (χ1n) is 10.4. The Balaban J connectivity index is 1.26. The van der Waals surface area contributed by atoms with Gasteiger partial charge in [0.05, 0.1) is 12.1 Å². The second-order valence-corrected chi connectivity index (χ2v) is 7.73.